The number of carbonyl (C=O) groups is 2. The van der Waals surface area contributed by atoms with Gasteiger partial charge in [0.15, 0.2) is 34.2 Å². The van der Waals surface area contributed by atoms with Gasteiger partial charge in [-0.25, -0.2) is 4.98 Å². The highest BCUT2D eigenvalue weighted by molar-refractivity contribution is 6.39. The normalized spacial score (nSPS) is 17.2. The molecule has 232 valence electrons. The molecule has 11 nitrogen and oxygen atoms in total. The predicted octanol–water partition coefficient (Wildman–Crippen LogP) is 5.57. The molecule has 0 fully saturated rings. The number of benzene rings is 3. The van der Waals surface area contributed by atoms with E-state index in [9.17, 15) is 0 Å². The summed E-state index contributed by atoms with van der Waals surface area (Å²) >= 11 is 0. The fourth-order valence-corrected chi connectivity index (χ4v) is 8.07. The number of fused-ring (bicyclic) bond motifs is 4. The third-order valence-corrected chi connectivity index (χ3v) is 9.96. The van der Waals surface area contributed by atoms with Gasteiger partial charge in [0.25, 0.3) is 0 Å². The first kappa shape index (κ1) is 27.3. The lowest BCUT2D eigenvalue weighted by Gasteiger charge is -2.46. The quantitative estimate of drug-likeness (QED) is 0.230. The Kier molecular flexibility index (Phi) is 5.27. The minimum Gasteiger partial charge on any atom is -0.493 e. The molecule has 1 unspecified atom stereocenters. The minimum atomic E-state index is -1.96. The van der Waals surface area contributed by atoms with Crippen molar-refractivity contribution < 1.29 is 28.5 Å². The Morgan fingerprint density at radius 2 is 1.36 bits per heavy atom. The van der Waals surface area contributed by atoms with Crippen molar-refractivity contribution in [1.29, 1.82) is 0 Å². The molecule has 11 heteroatoms. The maximum Gasteiger partial charge on any atom is 0.250 e. The molecule has 0 radical (unpaired) electrons. The average molecular weight is 626 g/mol. The average Bonchev–Trinajstić information content (AvgIpc) is 3.10. The van der Waals surface area contributed by atoms with Gasteiger partial charge in [-0.05, 0) is 29.8 Å². The standard InChI is InChI=1S/C36H27N5O6/c1-40-20-12-14-38-29-24(20)25-26-22(16-9-7-8-10-18(16)39-34(26)40)33(42)36(27(25)31(46-5)32(29)47-6)17-15-21(44-3)30(45-4)28-23(17)19(11-13-37-28)41(2)35(36)43/h7-15H,1-6H3. The summed E-state index contributed by atoms with van der Waals surface area (Å²) < 4.78 is 23.9. The van der Waals surface area contributed by atoms with Crippen LogP contribution in [-0.2, 0) is 10.2 Å². The number of methoxy groups -OCH3 is 4. The SMILES string of the molecule is COc1cc2c3c(ccnc3c1OC)N(C)C(=O)C21C(=O)c2c3c(nc4ccccc24)N(C)c2ccnc4c(OC)c(OC)c1c-3c24. The molecule has 0 saturated heterocycles. The largest absolute Gasteiger partial charge is 0.493 e. The third-order valence-electron chi connectivity index (χ3n) is 9.96. The van der Waals surface area contributed by atoms with Crippen molar-refractivity contribution in [3.8, 4) is 34.1 Å². The van der Waals surface area contributed by atoms with Crippen molar-refractivity contribution in [2.75, 3.05) is 52.3 Å². The van der Waals surface area contributed by atoms with Gasteiger partial charge >= 0.3 is 0 Å². The number of hydrogen-bond donors (Lipinski definition) is 0. The summed E-state index contributed by atoms with van der Waals surface area (Å²) in [5.41, 5.74) is 3.50. The molecule has 0 bridgehead atoms. The second-order valence-electron chi connectivity index (χ2n) is 11.8. The first-order valence-corrected chi connectivity index (χ1v) is 15.0. The van der Waals surface area contributed by atoms with Gasteiger partial charge in [0, 0.05) is 64.9 Å². The summed E-state index contributed by atoms with van der Waals surface area (Å²) in [5.74, 6) is 0.990. The maximum absolute atomic E-state index is 15.9. The predicted molar refractivity (Wildman–Crippen MR) is 177 cm³/mol. The van der Waals surface area contributed by atoms with Gasteiger partial charge in [0.2, 0.25) is 5.91 Å². The van der Waals surface area contributed by atoms with E-state index in [0.29, 0.717) is 83.9 Å². The van der Waals surface area contributed by atoms with Gasteiger partial charge in [-0.2, -0.15) is 0 Å². The molecule has 2 aliphatic heterocycles. The van der Waals surface area contributed by atoms with Crippen LogP contribution >= 0.6 is 0 Å². The van der Waals surface area contributed by atoms with Crippen molar-refractivity contribution in [2.45, 2.75) is 5.41 Å². The summed E-state index contributed by atoms with van der Waals surface area (Å²) in [4.78, 5) is 49.4. The number of ether oxygens (including phenoxy) is 4. The van der Waals surface area contributed by atoms with Crippen molar-refractivity contribution in [3.63, 3.8) is 0 Å². The van der Waals surface area contributed by atoms with E-state index in [4.69, 9.17) is 33.9 Å². The smallest absolute Gasteiger partial charge is 0.250 e. The zero-order valence-corrected chi connectivity index (χ0v) is 26.4. The van der Waals surface area contributed by atoms with Gasteiger partial charge in [-0.15, -0.1) is 0 Å². The number of anilines is 3. The van der Waals surface area contributed by atoms with E-state index in [1.807, 2.05) is 42.3 Å². The molecule has 6 aromatic rings. The molecule has 3 aromatic heterocycles. The minimum absolute atomic E-state index is 0.235. The molecule has 0 N–H and O–H groups in total. The lowest BCUT2D eigenvalue weighted by atomic mass is 9.59. The third kappa shape index (κ3) is 2.91. The molecule has 1 atom stereocenters. The highest BCUT2D eigenvalue weighted by Gasteiger charge is 2.62. The van der Waals surface area contributed by atoms with E-state index in [0.717, 1.165) is 11.1 Å². The Balaban J connectivity index is 1.63. The Morgan fingerprint density at radius 3 is 2.04 bits per heavy atom. The highest BCUT2D eigenvalue weighted by atomic mass is 16.5. The molecular formula is C36H27N5O6. The number of para-hydroxylation sites is 1. The van der Waals surface area contributed by atoms with E-state index in [2.05, 4.69) is 0 Å². The van der Waals surface area contributed by atoms with Crippen LogP contribution in [0.15, 0.2) is 54.9 Å². The number of ketones is 1. The molecule has 47 heavy (non-hydrogen) atoms. The Morgan fingerprint density at radius 1 is 0.702 bits per heavy atom. The molecule has 1 amide bonds. The van der Waals surface area contributed by atoms with E-state index in [1.54, 1.807) is 31.6 Å². The van der Waals surface area contributed by atoms with Crippen LogP contribution in [0.5, 0.6) is 23.0 Å². The zero-order valence-electron chi connectivity index (χ0n) is 26.4. The van der Waals surface area contributed by atoms with Crippen LogP contribution < -0.4 is 28.7 Å². The molecular weight excluding hydrogens is 598 g/mol. The molecule has 1 spiro atoms. The number of hydrogen-bond acceptors (Lipinski definition) is 10. The van der Waals surface area contributed by atoms with Crippen LogP contribution in [0.3, 0.4) is 0 Å². The summed E-state index contributed by atoms with van der Waals surface area (Å²) in [5, 5.41) is 1.95. The summed E-state index contributed by atoms with van der Waals surface area (Å²) in [7, 11) is 9.69. The molecule has 0 saturated carbocycles. The number of aromatic nitrogens is 3. The molecule has 1 aliphatic carbocycles. The van der Waals surface area contributed by atoms with E-state index in [-0.39, 0.29) is 5.75 Å². The monoisotopic (exact) mass is 625 g/mol. The number of carbonyl (C=O) groups excluding carboxylic acids is 2. The van der Waals surface area contributed by atoms with Crippen LogP contribution in [0.25, 0.3) is 43.8 Å². The van der Waals surface area contributed by atoms with Gasteiger partial charge in [-0.3, -0.25) is 19.6 Å². The number of pyridine rings is 3. The molecule has 9 rings (SSSR count). The van der Waals surface area contributed by atoms with Gasteiger partial charge in [0.1, 0.15) is 16.9 Å². The fraction of sp³-hybridized carbons (Fsp3) is 0.194. The van der Waals surface area contributed by atoms with Gasteiger partial charge in [-0.1, -0.05) is 18.2 Å². The van der Waals surface area contributed by atoms with Crippen molar-refractivity contribution in [1.82, 2.24) is 15.0 Å². The van der Waals surface area contributed by atoms with E-state index in [1.165, 1.54) is 33.3 Å². The van der Waals surface area contributed by atoms with Crippen molar-refractivity contribution >= 4 is 61.6 Å². The maximum atomic E-state index is 15.9. The lowest BCUT2D eigenvalue weighted by Crippen LogP contribution is -2.56. The second kappa shape index (κ2) is 9.06. The Labute approximate surface area is 268 Å². The van der Waals surface area contributed by atoms with Crippen LogP contribution in [-0.4, -0.2) is 69.2 Å². The summed E-state index contributed by atoms with van der Waals surface area (Å²) in [6.07, 6.45) is 3.32. The summed E-state index contributed by atoms with van der Waals surface area (Å²) in [6.45, 7) is 0. The lowest BCUT2D eigenvalue weighted by molar-refractivity contribution is -0.121. The zero-order chi connectivity index (χ0) is 32.5. The van der Waals surface area contributed by atoms with E-state index < -0.39 is 17.1 Å². The van der Waals surface area contributed by atoms with Crippen LogP contribution in [0, 0.1) is 0 Å². The number of rotatable bonds is 4. The molecule has 3 aliphatic rings. The number of nitrogens with zero attached hydrogens (tertiary/aromatic N) is 5. The molecule has 3 aromatic carbocycles. The number of Topliss-reactive ketones (excluding diaryl/α,β-unsaturated/α-hetero) is 1. The van der Waals surface area contributed by atoms with E-state index >= 15 is 9.59 Å². The second-order valence-corrected chi connectivity index (χ2v) is 11.8. The first-order valence-electron chi connectivity index (χ1n) is 15.0. The van der Waals surface area contributed by atoms with Gasteiger partial charge in [0.05, 0.1) is 45.3 Å². The Hall–Kier alpha value is -5.97. The van der Waals surface area contributed by atoms with Crippen LogP contribution in [0.2, 0.25) is 0 Å². The number of likely N-dealkylation sites (N-methyl/N-ethyl adjacent to an activating group) is 1. The highest BCUT2D eigenvalue weighted by Crippen LogP contribution is 2.64. The van der Waals surface area contributed by atoms with Crippen LogP contribution in [0.1, 0.15) is 21.5 Å². The van der Waals surface area contributed by atoms with Crippen LogP contribution in [0.4, 0.5) is 17.2 Å². The summed E-state index contributed by atoms with van der Waals surface area (Å²) in [6, 6.07) is 12.9. The fourth-order valence-electron chi connectivity index (χ4n) is 8.07. The van der Waals surface area contributed by atoms with Crippen molar-refractivity contribution in [3.05, 3.63) is 71.5 Å². The van der Waals surface area contributed by atoms with Gasteiger partial charge < -0.3 is 28.7 Å². The van der Waals surface area contributed by atoms with Crippen molar-refractivity contribution in [2.24, 2.45) is 0 Å². The first-order chi connectivity index (χ1) is 22.8. The Bertz CT molecular complexity index is 2460. The molecule has 5 heterocycles. The topological polar surface area (TPSA) is 116 Å². The number of amides is 1.